The van der Waals surface area contributed by atoms with Crippen LogP contribution < -0.4 is 9.88 Å². The van der Waals surface area contributed by atoms with Gasteiger partial charge in [-0.15, -0.1) is 0 Å². The molecule has 1 heterocycles. The van der Waals surface area contributed by atoms with Crippen LogP contribution in [0.2, 0.25) is 0 Å². The molecule has 4 N–H and O–H groups in total. The van der Waals surface area contributed by atoms with Gasteiger partial charge in [-0.1, -0.05) is 38.1 Å². The number of pyridine rings is 1. The molecular formula is C27H32N2O6S. The van der Waals surface area contributed by atoms with Gasteiger partial charge >= 0.3 is 5.97 Å². The van der Waals surface area contributed by atoms with Crippen LogP contribution in [0.3, 0.4) is 0 Å². The molecule has 0 spiro atoms. The third-order valence-corrected chi connectivity index (χ3v) is 6.74. The van der Waals surface area contributed by atoms with Crippen molar-refractivity contribution in [2.24, 2.45) is 5.14 Å². The third-order valence-electron chi connectivity index (χ3n) is 5.85. The number of benzene rings is 2. The number of carboxylic acids is 1. The van der Waals surface area contributed by atoms with E-state index in [0.717, 1.165) is 22.3 Å². The molecule has 0 radical (unpaired) electrons. The summed E-state index contributed by atoms with van der Waals surface area (Å²) in [6, 6.07) is 13.9. The van der Waals surface area contributed by atoms with Crippen LogP contribution in [0.5, 0.6) is 5.88 Å². The molecule has 1 aromatic heterocycles. The Morgan fingerprint density at radius 1 is 1.14 bits per heavy atom. The number of aromatic nitrogens is 1. The molecule has 192 valence electrons. The summed E-state index contributed by atoms with van der Waals surface area (Å²) in [5.41, 5.74) is 3.17. The summed E-state index contributed by atoms with van der Waals surface area (Å²) in [6.07, 6.45) is 1.86. The molecule has 0 atom stereocenters. The van der Waals surface area contributed by atoms with Crippen LogP contribution in [0.25, 0.3) is 11.1 Å². The Labute approximate surface area is 211 Å². The third kappa shape index (κ3) is 6.90. The summed E-state index contributed by atoms with van der Waals surface area (Å²) in [4.78, 5) is 15.7. The normalized spacial score (nSPS) is 12.1. The lowest BCUT2D eigenvalue weighted by Gasteiger charge is -2.20. The number of carbonyl (C=O) groups is 1. The molecule has 8 nitrogen and oxygen atoms in total. The van der Waals surface area contributed by atoms with Crippen molar-refractivity contribution in [1.29, 1.82) is 0 Å². The quantitative estimate of drug-likeness (QED) is 0.373. The van der Waals surface area contributed by atoms with Crippen molar-refractivity contribution < 1.29 is 28.2 Å². The molecule has 0 fully saturated rings. The second kappa shape index (κ2) is 10.8. The number of hydrogen-bond donors (Lipinski definition) is 3. The average Bonchev–Trinajstić information content (AvgIpc) is 2.77. The smallest absolute Gasteiger partial charge is 0.307 e. The van der Waals surface area contributed by atoms with E-state index in [-0.39, 0.29) is 23.8 Å². The predicted octanol–water partition coefficient (Wildman–Crippen LogP) is 4.00. The van der Waals surface area contributed by atoms with E-state index in [4.69, 9.17) is 9.88 Å². The minimum absolute atomic E-state index is 0.0757. The highest BCUT2D eigenvalue weighted by molar-refractivity contribution is 7.89. The molecule has 2 aromatic carbocycles. The molecule has 0 saturated heterocycles. The largest absolute Gasteiger partial charge is 0.481 e. The van der Waals surface area contributed by atoms with E-state index in [1.165, 1.54) is 12.1 Å². The first kappa shape index (κ1) is 27.3. The molecular weight excluding hydrogens is 480 g/mol. The number of primary sulfonamides is 1. The second-order valence-electron chi connectivity index (χ2n) is 9.55. The zero-order valence-electron chi connectivity index (χ0n) is 20.9. The van der Waals surface area contributed by atoms with E-state index in [1.807, 2.05) is 38.1 Å². The minimum atomic E-state index is -3.95. The summed E-state index contributed by atoms with van der Waals surface area (Å²) in [5.74, 6) is -0.380. The molecule has 3 rings (SSSR count). The number of aliphatic hydroxyl groups is 1. The first-order valence-electron chi connectivity index (χ1n) is 11.6. The van der Waals surface area contributed by atoms with Gasteiger partial charge in [-0.25, -0.2) is 18.5 Å². The number of nitrogens with two attached hydrogens (primary N) is 1. The van der Waals surface area contributed by atoms with Gasteiger partial charge in [0.15, 0.2) is 0 Å². The van der Waals surface area contributed by atoms with Crippen molar-refractivity contribution >= 4 is 16.0 Å². The maximum atomic E-state index is 11.9. The molecule has 3 aromatic rings. The summed E-state index contributed by atoms with van der Waals surface area (Å²) in [7, 11) is -3.95. The Kier molecular flexibility index (Phi) is 8.18. The number of ether oxygens (including phenoxy) is 1. The van der Waals surface area contributed by atoms with Gasteiger partial charge in [-0.3, -0.25) is 4.79 Å². The molecule has 0 aliphatic rings. The van der Waals surface area contributed by atoms with Crippen LogP contribution in [-0.4, -0.2) is 36.2 Å². The van der Waals surface area contributed by atoms with Gasteiger partial charge in [0.05, 0.1) is 23.5 Å². The van der Waals surface area contributed by atoms with Crippen LogP contribution in [0, 0.1) is 0 Å². The monoisotopic (exact) mass is 512 g/mol. The molecule has 0 aliphatic carbocycles. The summed E-state index contributed by atoms with van der Waals surface area (Å²) >= 11 is 0. The predicted molar refractivity (Wildman–Crippen MR) is 137 cm³/mol. The van der Waals surface area contributed by atoms with Gasteiger partial charge in [-0.05, 0) is 71.3 Å². The topological polar surface area (TPSA) is 140 Å². The first-order valence-corrected chi connectivity index (χ1v) is 13.1. The van der Waals surface area contributed by atoms with Crippen LogP contribution in [0.4, 0.5) is 0 Å². The zero-order chi connectivity index (χ0) is 26.7. The maximum Gasteiger partial charge on any atom is 0.307 e. The number of sulfonamides is 1. The Hall–Kier alpha value is -3.27. The van der Waals surface area contributed by atoms with Gasteiger partial charge in [0, 0.05) is 18.7 Å². The van der Waals surface area contributed by atoms with E-state index < -0.39 is 21.6 Å². The minimum Gasteiger partial charge on any atom is -0.481 e. The van der Waals surface area contributed by atoms with E-state index in [0.29, 0.717) is 23.4 Å². The molecule has 0 aliphatic heterocycles. The van der Waals surface area contributed by atoms with Crippen molar-refractivity contribution in [3.8, 4) is 17.0 Å². The van der Waals surface area contributed by atoms with Crippen molar-refractivity contribution in [3.05, 3.63) is 77.0 Å². The van der Waals surface area contributed by atoms with Crippen molar-refractivity contribution in [3.63, 3.8) is 0 Å². The van der Waals surface area contributed by atoms with Crippen molar-refractivity contribution in [2.75, 3.05) is 6.61 Å². The lowest BCUT2D eigenvalue weighted by Crippen LogP contribution is -2.19. The number of aliphatic carboxylic acids is 1. The van der Waals surface area contributed by atoms with Gasteiger partial charge in [0.1, 0.15) is 0 Å². The fraction of sp³-hybridized carbons (Fsp3) is 0.333. The van der Waals surface area contributed by atoms with Crippen molar-refractivity contribution in [1.82, 2.24) is 4.98 Å². The number of carboxylic acid groups (broad SMARTS) is 1. The number of nitrogens with zero attached hydrogens (tertiary/aromatic N) is 1. The molecule has 9 heteroatoms. The highest BCUT2D eigenvalue weighted by Crippen LogP contribution is 2.32. The van der Waals surface area contributed by atoms with Crippen LogP contribution >= 0.6 is 0 Å². The van der Waals surface area contributed by atoms with Crippen molar-refractivity contribution in [2.45, 2.75) is 57.0 Å². The van der Waals surface area contributed by atoms with Crippen LogP contribution in [-0.2, 0) is 33.3 Å². The number of hydrogen-bond acceptors (Lipinski definition) is 6. The molecule has 0 saturated carbocycles. The zero-order valence-corrected chi connectivity index (χ0v) is 21.7. The summed E-state index contributed by atoms with van der Waals surface area (Å²) in [6.45, 7) is 7.39. The average molecular weight is 513 g/mol. The van der Waals surface area contributed by atoms with Gasteiger partial charge in [0.2, 0.25) is 15.9 Å². The van der Waals surface area contributed by atoms with E-state index in [1.54, 1.807) is 32.2 Å². The fourth-order valence-corrected chi connectivity index (χ4v) is 4.62. The van der Waals surface area contributed by atoms with Crippen LogP contribution in [0.15, 0.2) is 59.6 Å². The molecule has 36 heavy (non-hydrogen) atoms. The van der Waals surface area contributed by atoms with Gasteiger partial charge in [-0.2, -0.15) is 0 Å². The highest BCUT2D eigenvalue weighted by atomic mass is 32.2. The SMILES string of the molecule is CC(C)c1cccc(-c2ccnc(OCCc3cc(C(C)(C)O)cc(S(N)(=O)=O)c3)c2)c1CC(=O)O. The molecule has 0 unspecified atom stereocenters. The molecule has 0 bridgehead atoms. The maximum absolute atomic E-state index is 11.9. The summed E-state index contributed by atoms with van der Waals surface area (Å²) in [5, 5.41) is 25.1. The van der Waals surface area contributed by atoms with E-state index in [2.05, 4.69) is 4.98 Å². The van der Waals surface area contributed by atoms with E-state index in [9.17, 15) is 23.4 Å². The van der Waals surface area contributed by atoms with Crippen LogP contribution in [0.1, 0.15) is 55.9 Å². The van der Waals surface area contributed by atoms with E-state index >= 15 is 0 Å². The Balaban J connectivity index is 1.85. The lowest BCUT2D eigenvalue weighted by atomic mass is 9.89. The fourth-order valence-electron chi connectivity index (χ4n) is 4.02. The molecule has 0 amide bonds. The second-order valence-corrected chi connectivity index (χ2v) is 11.1. The Morgan fingerprint density at radius 3 is 2.47 bits per heavy atom. The summed E-state index contributed by atoms with van der Waals surface area (Å²) < 4.78 is 29.7. The standard InChI is InChI=1S/C27H32N2O6S/c1-17(2)22-6-5-7-23(24(22)16-26(30)31)19-8-10-29-25(14-19)35-11-9-18-12-20(27(3,4)32)15-21(13-18)36(28,33)34/h5-8,10,12-15,17,32H,9,11,16H2,1-4H3,(H,30,31)(H2,28,33,34). The van der Waals surface area contributed by atoms with Gasteiger partial charge in [0.25, 0.3) is 0 Å². The lowest BCUT2D eigenvalue weighted by molar-refractivity contribution is -0.136. The first-order chi connectivity index (χ1) is 16.8. The van der Waals surface area contributed by atoms with Gasteiger partial charge < -0.3 is 14.9 Å². The highest BCUT2D eigenvalue weighted by Gasteiger charge is 2.21. The number of rotatable bonds is 10. The Morgan fingerprint density at radius 2 is 1.86 bits per heavy atom. The Bertz CT molecular complexity index is 1360.